The van der Waals surface area contributed by atoms with Crippen molar-refractivity contribution in [2.75, 3.05) is 10.6 Å². The van der Waals surface area contributed by atoms with Crippen molar-refractivity contribution >= 4 is 17.3 Å². The summed E-state index contributed by atoms with van der Waals surface area (Å²) in [5.41, 5.74) is 1.99. The van der Waals surface area contributed by atoms with E-state index in [4.69, 9.17) is 4.74 Å². The van der Waals surface area contributed by atoms with Crippen LogP contribution in [0.3, 0.4) is 0 Å². The monoisotopic (exact) mass is 327 g/mol. The second kappa shape index (κ2) is 8.34. The molecule has 2 aromatic rings. The number of amides is 1. The smallest absolute Gasteiger partial charge is 0.257 e. The number of pyridine rings is 1. The molecule has 2 N–H and O–H groups in total. The Balaban J connectivity index is 2.14. The Labute approximate surface area is 143 Å². The van der Waals surface area contributed by atoms with Crippen molar-refractivity contribution in [1.82, 2.24) is 4.98 Å². The molecule has 0 aliphatic carbocycles. The minimum atomic E-state index is -0.213. The molecule has 0 saturated heterocycles. The lowest BCUT2D eigenvalue weighted by Crippen LogP contribution is -2.17. The van der Waals surface area contributed by atoms with Gasteiger partial charge >= 0.3 is 0 Å². The maximum Gasteiger partial charge on any atom is 0.257 e. The van der Waals surface area contributed by atoms with Crippen molar-refractivity contribution in [3.63, 3.8) is 0 Å². The first-order chi connectivity index (χ1) is 11.5. The predicted molar refractivity (Wildman–Crippen MR) is 97.8 cm³/mol. The van der Waals surface area contributed by atoms with Gasteiger partial charge in [0.05, 0.1) is 23.0 Å². The molecule has 0 saturated carbocycles. The van der Waals surface area contributed by atoms with Crippen LogP contribution in [0.2, 0.25) is 0 Å². The molecule has 1 unspecified atom stereocenters. The molecule has 128 valence electrons. The molecule has 0 aliphatic heterocycles. The van der Waals surface area contributed by atoms with Crippen LogP contribution < -0.4 is 15.4 Å². The zero-order chi connectivity index (χ0) is 17.5. The Morgan fingerprint density at radius 1 is 1.21 bits per heavy atom. The van der Waals surface area contributed by atoms with Gasteiger partial charge in [-0.25, -0.2) is 0 Å². The number of nitrogens with zero attached hydrogens (tertiary/aromatic N) is 1. The van der Waals surface area contributed by atoms with Crippen LogP contribution in [-0.2, 0) is 0 Å². The number of para-hydroxylation sites is 2. The lowest BCUT2D eigenvalue weighted by molar-refractivity contribution is 0.102. The molecule has 0 spiro atoms. The van der Waals surface area contributed by atoms with Crippen molar-refractivity contribution in [2.45, 2.75) is 46.3 Å². The maximum absolute atomic E-state index is 12.5. The first-order valence-electron chi connectivity index (χ1n) is 8.28. The number of rotatable bonds is 7. The van der Waals surface area contributed by atoms with E-state index in [9.17, 15) is 4.79 Å². The Bertz CT molecular complexity index is 686. The molecule has 1 aromatic heterocycles. The first-order valence-corrected chi connectivity index (χ1v) is 8.28. The van der Waals surface area contributed by atoms with E-state index in [1.165, 1.54) is 0 Å². The van der Waals surface area contributed by atoms with E-state index in [0.717, 1.165) is 12.1 Å². The number of hydrogen-bond acceptors (Lipinski definition) is 4. The van der Waals surface area contributed by atoms with Gasteiger partial charge in [0.1, 0.15) is 5.75 Å². The average molecular weight is 327 g/mol. The number of aromatic nitrogens is 1. The number of ether oxygens (including phenoxy) is 1. The third-order valence-electron chi connectivity index (χ3n) is 3.52. The van der Waals surface area contributed by atoms with Crippen LogP contribution in [0.4, 0.5) is 11.4 Å². The second-order valence-corrected chi connectivity index (χ2v) is 6.03. The number of hydrogen-bond donors (Lipinski definition) is 2. The van der Waals surface area contributed by atoms with Gasteiger partial charge in [0.25, 0.3) is 5.91 Å². The van der Waals surface area contributed by atoms with E-state index in [1.807, 2.05) is 38.1 Å². The van der Waals surface area contributed by atoms with Crippen LogP contribution in [0.15, 0.2) is 42.7 Å². The summed E-state index contributed by atoms with van der Waals surface area (Å²) in [5, 5.41) is 6.22. The second-order valence-electron chi connectivity index (χ2n) is 6.03. The van der Waals surface area contributed by atoms with Crippen LogP contribution in [0.1, 0.15) is 44.5 Å². The molecule has 0 radical (unpaired) electrons. The van der Waals surface area contributed by atoms with Gasteiger partial charge in [-0.3, -0.25) is 9.78 Å². The number of carbonyl (C=O) groups excluding carboxylic acids is 1. The van der Waals surface area contributed by atoms with Crippen molar-refractivity contribution in [1.29, 1.82) is 0 Å². The molecule has 0 bridgehead atoms. The van der Waals surface area contributed by atoms with Gasteiger partial charge < -0.3 is 15.4 Å². The molecule has 5 heteroatoms. The highest BCUT2D eigenvalue weighted by molar-refractivity contribution is 6.05. The molecule has 0 fully saturated rings. The largest absolute Gasteiger partial charge is 0.489 e. The zero-order valence-electron chi connectivity index (χ0n) is 14.7. The fraction of sp³-hybridized carbons (Fsp3) is 0.368. The van der Waals surface area contributed by atoms with Gasteiger partial charge in [0, 0.05) is 18.4 Å². The Kier molecular flexibility index (Phi) is 6.18. The van der Waals surface area contributed by atoms with Gasteiger partial charge in [0.15, 0.2) is 0 Å². The van der Waals surface area contributed by atoms with Gasteiger partial charge in [-0.15, -0.1) is 0 Å². The van der Waals surface area contributed by atoms with E-state index >= 15 is 0 Å². The Morgan fingerprint density at radius 2 is 1.96 bits per heavy atom. The first kappa shape index (κ1) is 17.8. The normalized spacial score (nSPS) is 11.9. The fourth-order valence-electron chi connectivity index (χ4n) is 2.15. The molecule has 1 amide bonds. The van der Waals surface area contributed by atoms with Crippen LogP contribution >= 0.6 is 0 Å². The highest BCUT2D eigenvalue weighted by atomic mass is 16.5. The number of anilines is 2. The van der Waals surface area contributed by atoms with Crippen molar-refractivity contribution < 1.29 is 9.53 Å². The maximum atomic E-state index is 12.5. The van der Waals surface area contributed by atoms with Gasteiger partial charge in [-0.2, -0.15) is 0 Å². The quantitative estimate of drug-likeness (QED) is 0.794. The zero-order valence-corrected chi connectivity index (χ0v) is 14.7. The summed E-state index contributed by atoms with van der Waals surface area (Å²) in [5.74, 6) is 0.442. The van der Waals surface area contributed by atoms with Crippen LogP contribution in [0, 0.1) is 0 Å². The molecule has 24 heavy (non-hydrogen) atoms. The summed E-state index contributed by atoms with van der Waals surface area (Å²) < 4.78 is 5.73. The summed E-state index contributed by atoms with van der Waals surface area (Å²) in [7, 11) is 0. The van der Waals surface area contributed by atoms with Crippen LogP contribution in [0.5, 0.6) is 5.75 Å². The Hall–Kier alpha value is -2.56. The average Bonchev–Trinajstić information content (AvgIpc) is 2.56. The lowest BCUT2D eigenvalue weighted by Gasteiger charge is -2.15. The summed E-state index contributed by atoms with van der Waals surface area (Å²) >= 11 is 0. The third-order valence-corrected chi connectivity index (χ3v) is 3.52. The molecule has 0 aliphatic rings. The molecule has 1 aromatic carbocycles. The van der Waals surface area contributed by atoms with Crippen molar-refractivity contribution in [2.24, 2.45) is 0 Å². The van der Waals surface area contributed by atoms with Gasteiger partial charge in [0.2, 0.25) is 0 Å². The van der Waals surface area contributed by atoms with Crippen molar-refractivity contribution in [3.8, 4) is 5.75 Å². The minimum absolute atomic E-state index is 0.0350. The summed E-state index contributed by atoms with van der Waals surface area (Å²) in [6.07, 6.45) is 4.31. The summed E-state index contributed by atoms with van der Waals surface area (Å²) in [6.45, 7) is 8.10. The topological polar surface area (TPSA) is 63.2 Å². The molecule has 1 heterocycles. The molecule has 2 rings (SSSR count). The fourth-order valence-corrected chi connectivity index (χ4v) is 2.15. The van der Waals surface area contributed by atoms with Crippen molar-refractivity contribution in [3.05, 3.63) is 48.3 Å². The molecule has 5 nitrogen and oxygen atoms in total. The number of carbonyl (C=O) groups is 1. The standard InChI is InChI=1S/C19H25N3O2/c1-5-14(4)21-16-10-15(11-20-12-16)19(23)22-17-8-6-7-9-18(17)24-13(2)3/h6-14,21H,5H2,1-4H3,(H,22,23). The molecular weight excluding hydrogens is 302 g/mol. The van der Waals surface area contributed by atoms with Gasteiger partial charge in [-0.1, -0.05) is 19.1 Å². The number of nitrogens with one attached hydrogen (secondary N) is 2. The minimum Gasteiger partial charge on any atom is -0.489 e. The van der Waals surface area contributed by atoms with E-state index < -0.39 is 0 Å². The SMILES string of the molecule is CCC(C)Nc1cncc(C(=O)Nc2ccccc2OC(C)C)c1. The predicted octanol–water partition coefficient (Wildman–Crippen LogP) is 4.33. The number of benzene rings is 1. The third kappa shape index (κ3) is 4.98. The van der Waals surface area contributed by atoms with E-state index in [1.54, 1.807) is 18.5 Å². The molecular formula is C19H25N3O2. The highest BCUT2D eigenvalue weighted by Gasteiger charge is 2.12. The molecule has 1 atom stereocenters. The Morgan fingerprint density at radius 3 is 2.67 bits per heavy atom. The summed E-state index contributed by atoms with van der Waals surface area (Å²) in [6, 6.07) is 9.54. The summed E-state index contributed by atoms with van der Waals surface area (Å²) in [4.78, 5) is 16.7. The van der Waals surface area contributed by atoms with Crippen LogP contribution in [0.25, 0.3) is 0 Å². The highest BCUT2D eigenvalue weighted by Crippen LogP contribution is 2.25. The van der Waals surface area contributed by atoms with E-state index in [2.05, 4.69) is 29.5 Å². The van der Waals surface area contributed by atoms with Crippen LogP contribution in [-0.4, -0.2) is 23.0 Å². The van der Waals surface area contributed by atoms with E-state index in [0.29, 0.717) is 23.0 Å². The van der Waals surface area contributed by atoms with E-state index in [-0.39, 0.29) is 12.0 Å². The lowest BCUT2D eigenvalue weighted by atomic mass is 10.2. The van der Waals surface area contributed by atoms with Gasteiger partial charge in [-0.05, 0) is 45.4 Å².